The first kappa shape index (κ1) is 13.8. The minimum absolute atomic E-state index is 0.220. The molecule has 0 saturated heterocycles. The first-order chi connectivity index (χ1) is 10.1. The summed E-state index contributed by atoms with van der Waals surface area (Å²) < 4.78 is 25.4. The van der Waals surface area contributed by atoms with Gasteiger partial charge in [0.1, 0.15) is 0 Å². The lowest BCUT2D eigenvalue weighted by molar-refractivity contribution is 0.593. The van der Waals surface area contributed by atoms with E-state index in [1.54, 1.807) is 24.3 Å². The summed E-state index contributed by atoms with van der Waals surface area (Å²) in [5, 5.41) is 8.62. The van der Waals surface area contributed by atoms with Gasteiger partial charge in [-0.15, -0.1) is 0 Å². The molecule has 0 spiro atoms. The summed E-state index contributed by atoms with van der Waals surface area (Å²) in [7, 11) is -3.46. The second-order valence-electron chi connectivity index (χ2n) is 5.41. The third-order valence-corrected chi connectivity index (χ3v) is 6.23. The van der Waals surface area contributed by atoms with Gasteiger partial charge in [0, 0.05) is 5.92 Å². The molecule has 0 aliphatic heterocycles. The standard InChI is InChI=1S/C17H15NO2S/c1-12-7-9-14(10-8-12)21(19,20)17-15(11-18)16(17)13-5-3-2-4-6-13/h2-10,15-17H,1H3/t15-,16+,17+/m0/s1. The zero-order valence-electron chi connectivity index (χ0n) is 11.6. The Morgan fingerprint density at radius 3 is 2.19 bits per heavy atom. The van der Waals surface area contributed by atoms with E-state index in [9.17, 15) is 13.7 Å². The third-order valence-electron chi connectivity index (χ3n) is 4.00. The Morgan fingerprint density at radius 2 is 1.62 bits per heavy atom. The summed E-state index contributed by atoms with van der Waals surface area (Å²) in [6.45, 7) is 1.92. The number of hydrogen-bond donors (Lipinski definition) is 0. The average molecular weight is 297 g/mol. The van der Waals surface area contributed by atoms with Crippen molar-refractivity contribution in [2.45, 2.75) is 23.0 Å². The zero-order valence-corrected chi connectivity index (χ0v) is 12.4. The van der Waals surface area contributed by atoms with E-state index in [4.69, 9.17) is 0 Å². The molecule has 106 valence electrons. The van der Waals surface area contributed by atoms with Gasteiger partial charge < -0.3 is 0 Å². The fourth-order valence-corrected chi connectivity index (χ4v) is 4.85. The highest BCUT2D eigenvalue weighted by molar-refractivity contribution is 7.92. The predicted molar refractivity (Wildman–Crippen MR) is 80.4 cm³/mol. The Morgan fingerprint density at radius 1 is 1.00 bits per heavy atom. The normalized spacial score (nSPS) is 24.3. The van der Waals surface area contributed by atoms with Crippen LogP contribution in [-0.2, 0) is 9.84 Å². The molecule has 1 fully saturated rings. The molecule has 1 aliphatic rings. The van der Waals surface area contributed by atoms with E-state index in [0.29, 0.717) is 4.90 Å². The van der Waals surface area contributed by atoms with Crippen molar-refractivity contribution >= 4 is 9.84 Å². The van der Waals surface area contributed by atoms with Gasteiger partial charge in [-0.3, -0.25) is 0 Å². The number of nitrogens with zero attached hydrogens (tertiary/aromatic N) is 1. The lowest BCUT2D eigenvalue weighted by Gasteiger charge is -2.04. The third kappa shape index (κ3) is 2.34. The molecule has 3 nitrogen and oxygen atoms in total. The summed E-state index contributed by atoms with van der Waals surface area (Å²) in [6.07, 6.45) is 0. The summed E-state index contributed by atoms with van der Waals surface area (Å²) in [4.78, 5) is 0.303. The first-order valence-electron chi connectivity index (χ1n) is 6.81. The Kier molecular flexibility index (Phi) is 3.30. The van der Waals surface area contributed by atoms with E-state index >= 15 is 0 Å². The van der Waals surface area contributed by atoms with Crippen molar-refractivity contribution in [3.05, 3.63) is 65.7 Å². The summed E-state index contributed by atoms with van der Waals surface area (Å²) in [5.74, 6) is -0.679. The van der Waals surface area contributed by atoms with Crippen molar-refractivity contribution in [1.29, 1.82) is 5.26 Å². The van der Waals surface area contributed by atoms with Crippen molar-refractivity contribution in [3.63, 3.8) is 0 Å². The summed E-state index contributed by atoms with van der Waals surface area (Å²) >= 11 is 0. The number of nitriles is 1. The zero-order chi connectivity index (χ0) is 15.0. The highest BCUT2D eigenvalue weighted by atomic mass is 32.2. The molecule has 0 N–H and O–H groups in total. The first-order valence-corrected chi connectivity index (χ1v) is 8.35. The number of rotatable bonds is 3. The number of benzene rings is 2. The van der Waals surface area contributed by atoms with Crippen molar-refractivity contribution in [2.24, 2.45) is 5.92 Å². The lowest BCUT2D eigenvalue weighted by atomic mass is 10.1. The molecule has 3 atom stereocenters. The molecule has 4 heteroatoms. The fourth-order valence-electron chi connectivity index (χ4n) is 2.78. The van der Waals surface area contributed by atoms with Crippen LogP contribution in [0.1, 0.15) is 17.0 Å². The van der Waals surface area contributed by atoms with Crippen LogP contribution in [0.2, 0.25) is 0 Å². The Labute approximate surface area is 124 Å². The molecule has 1 aliphatic carbocycles. The van der Waals surface area contributed by atoms with Gasteiger partial charge in [-0.05, 0) is 24.6 Å². The monoisotopic (exact) mass is 297 g/mol. The number of sulfone groups is 1. The van der Waals surface area contributed by atoms with Gasteiger partial charge in [0.15, 0.2) is 9.84 Å². The molecule has 0 amide bonds. The molecule has 0 heterocycles. The van der Waals surface area contributed by atoms with E-state index in [0.717, 1.165) is 11.1 Å². The maximum Gasteiger partial charge on any atom is 0.183 e. The highest BCUT2D eigenvalue weighted by Gasteiger charge is 2.59. The van der Waals surface area contributed by atoms with Gasteiger partial charge in [-0.2, -0.15) is 5.26 Å². The van der Waals surface area contributed by atoms with Crippen LogP contribution in [0.5, 0.6) is 0 Å². The second-order valence-corrected chi connectivity index (χ2v) is 7.52. The van der Waals surface area contributed by atoms with Crippen LogP contribution >= 0.6 is 0 Å². The number of aryl methyl sites for hydroxylation is 1. The molecule has 2 aromatic carbocycles. The maximum absolute atomic E-state index is 12.7. The van der Waals surface area contributed by atoms with Crippen LogP contribution in [0.25, 0.3) is 0 Å². The van der Waals surface area contributed by atoms with Crippen LogP contribution in [0.4, 0.5) is 0 Å². The SMILES string of the molecule is Cc1ccc(S(=O)(=O)[C@@H]2[C@@H](C#N)[C@H]2c2ccccc2)cc1. The Hall–Kier alpha value is -2.12. The Balaban J connectivity index is 1.97. The second kappa shape index (κ2) is 5.01. The highest BCUT2D eigenvalue weighted by Crippen LogP contribution is 2.53. The van der Waals surface area contributed by atoms with Gasteiger partial charge in [-0.25, -0.2) is 8.42 Å². The van der Waals surface area contributed by atoms with Crippen LogP contribution < -0.4 is 0 Å². The van der Waals surface area contributed by atoms with Crippen LogP contribution in [0, 0.1) is 24.2 Å². The van der Waals surface area contributed by atoms with E-state index < -0.39 is 21.0 Å². The molecular weight excluding hydrogens is 282 g/mol. The van der Waals surface area contributed by atoms with Gasteiger partial charge in [-0.1, -0.05) is 48.0 Å². The molecule has 1 saturated carbocycles. The predicted octanol–water partition coefficient (Wildman–Crippen LogP) is 3.07. The fraction of sp³-hybridized carbons (Fsp3) is 0.235. The number of hydrogen-bond acceptors (Lipinski definition) is 3. The molecule has 2 aromatic rings. The van der Waals surface area contributed by atoms with Crippen molar-refractivity contribution in [3.8, 4) is 6.07 Å². The molecule has 21 heavy (non-hydrogen) atoms. The van der Waals surface area contributed by atoms with Gasteiger partial charge in [0.05, 0.1) is 22.1 Å². The molecule has 3 rings (SSSR count). The van der Waals surface area contributed by atoms with Crippen LogP contribution in [-0.4, -0.2) is 13.7 Å². The van der Waals surface area contributed by atoms with Crippen LogP contribution in [0.15, 0.2) is 59.5 Å². The van der Waals surface area contributed by atoms with Gasteiger partial charge in [0.2, 0.25) is 0 Å². The molecule has 0 unspecified atom stereocenters. The maximum atomic E-state index is 12.7. The molecule has 0 radical (unpaired) electrons. The molecule has 0 bridgehead atoms. The van der Waals surface area contributed by atoms with E-state index in [1.807, 2.05) is 37.3 Å². The van der Waals surface area contributed by atoms with Crippen molar-refractivity contribution in [2.75, 3.05) is 0 Å². The minimum Gasteiger partial charge on any atom is -0.223 e. The van der Waals surface area contributed by atoms with E-state index in [2.05, 4.69) is 6.07 Å². The quantitative estimate of drug-likeness (QED) is 0.874. The van der Waals surface area contributed by atoms with Crippen molar-refractivity contribution in [1.82, 2.24) is 0 Å². The van der Waals surface area contributed by atoms with Gasteiger partial charge in [0.25, 0.3) is 0 Å². The molecular formula is C17H15NO2S. The lowest BCUT2D eigenvalue weighted by Crippen LogP contribution is -2.10. The average Bonchev–Trinajstić information content (AvgIpc) is 3.24. The summed E-state index contributed by atoms with van der Waals surface area (Å²) in [6, 6.07) is 18.4. The minimum atomic E-state index is -3.46. The smallest absolute Gasteiger partial charge is 0.183 e. The van der Waals surface area contributed by atoms with E-state index in [-0.39, 0.29) is 5.92 Å². The van der Waals surface area contributed by atoms with Crippen molar-refractivity contribution < 1.29 is 8.42 Å². The largest absolute Gasteiger partial charge is 0.223 e. The van der Waals surface area contributed by atoms with Gasteiger partial charge >= 0.3 is 0 Å². The van der Waals surface area contributed by atoms with Crippen LogP contribution in [0.3, 0.4) is 0 Å². The Bertz CT molecular complexity index is 789. The van der Waals surface area contributed by atoms with E-state index in [1.165, 1.54) is 0 Å². The topological polar surface area (TPSA) is 57.9 Å². The summed E-state index contributed by atoms with van der Waals surface area (Å²) in [5.41, 5.74) is 1.94. The molecule has 0 aromatic heterocycles.